The molecule has 0 spiro atoms. The monoisotopic (exact) mass is 266 g/mol. The van der Waals surface area contributed by atoms with Crippen LogP contribution in [0.5, 0.6) is 0 Å². The van der Waals surface area contributed by atoms with Crippen LogP contribution in [0.3, 0.4) is 0 Å². The first kappa shape index (κ1) is 12.4. The summed E-state index contributed by atoms with van der Waals surface area (Å²) in [5.41, 5.74) is 2.78. The molecule has 0 fully saturated rings. The molecule has 1 aliphatic heterocycles. The maximum absolute atomic E-state index is 12.3. The van der Waals surface area contributed by atoms with Crippen LogP contribution in [0, 0.1) is 0 Å². The molecule has 0 saturated heterocycles. The number of rotatable bonds is 1. The molecule has 20 heavy (non-hydrogen) atoms. The lowest BCUT2D eigenvalue weighted by Crippen LogP contribution is -2.42. The van der Waals surface area contributed by atoms with Crippen LogP contribution in [0.2, 0.25) is 0 Å². The van der Waals surface area contributed by atoms with Crippen molar-refractivity contribution < 1.29 is 10.0 Å². The van der Waals surface area contributed by atoms with Crippen LogP contribution in [0.25, 0.3) is 0 Å². The number of nitrogens with zero attached hydrogens (tertiary/aromatic N) is 2. The van der Waals surface area contributed by atoms with E-state index in [-0.39, 0.29) is 17.7 Å². The van der Waals surface area contributed by atoms with Crippen molar-refractivity contribution in [3.05, 3.63) is 71.3 Å². The van der Waals surface area contributed by atoms with Crippen LogP contribution in [-0.4, -0.2) is 28.8 Å². The number of hydrogen-bond donors (Lipinski definition) is 1. The number of oxime groups is 1. The Kier molecular flexibility index (Phi) is 2.99. The zero-order valence-electron chi connectivity index (χ0n) is 11.0. The molecule has 1 heterocycles. The first-order valence-corrected chi connectivity index (χ1v) is 6.37. The van der Waals surface area contributed by atoms with Crippen LogP contribution in [-0.2, 0) is 4.79 Å². The second kappa shape index (κ2) is 4.81. The highest BCUT2D eigenvalue weighted by Crippen LogP contribution is 2.34. The lowest BCUT2D eigenvalue weighted by molar-refractivity contribution is -0.124. The van der Waals surface area contributed by atoms with Crippen molar-refractivity contribution in [3.8, 4) is 0 Å². The molecule has 1 unspecified atom stereocenters. The van der Waals surface area contributed by atoms with Gasteiger partial charge in [-0.05, 0) is 11.1 Å². The molecule has 1 atom stereocenters. The van der Waals surface area contributed by atoms with Gasteiger partial charge in [-0.25, -0.2) is 0 Å². The highest BCUT2D eigenvalue weighted by atomic mass is 16.4. The summed E-state index contributed by atoms with van der Waals surface area (Å²) in [6, 6.07) is 17.2. The quantitative estimate of drug-likeness (QED) is 0.636. The van der Waals surface area contributed by atoms with E-state index in [9.17, 15) is 4.79 Å². The molecule has 4 nitrogen and oxygen atoms in total. The summed E-state index contributed by atoms with van der Waals surface area (Å²) in [5.74, 6) is -0.278. The Hall–Kier alpha value is -2.62. The molecule has 0 bridgehead atoms. The van der Waals surface area contributed by atoms with Crippen molar-refractivity contribution in [2.75, 3.05) is 7.05 Å². The topological polar surface area (TPSA) is 52.9 Å². The second-order valence-corrected chi connectivity index (χ2v) is 4.77. The molecule has 1 aliphatic rings. The van der Waals surface area contributed by atoms with Crippen molar-refractivity contribution in [2.24, 2.45) is 5.16 Å². The lowest BCUT2D eigenvalue weighted by atomic mass is 9.87. The predicted molar refractivity (Wildman–Crippen MR) is 75.8 cm³/mol. The molecule has 3 rings (SSSR count). The molecule has 1 amide bonds. The highest BCUT2D eigenvalue weighted by Gasteiger charge is 2.35. The fraction of sp³-hybridized carbons (Fsp3) is 0.125. The third-order valence-corrected chi connectivity index (χ3v) is 3.64. The van der Waals surface area contributed by atoms with Crippen LogP contribution < -0.4 is 0 Å². The zero-order valence-corrected chi connectivity index (χ0v) is 11.0. The minimum atomic E-state index is -0.278. The minimum absolute atomic E-state index is 0.0929. The van der Waals surface area contributed by atoms with Gasteiger partial charge >= 0.3 is 0 Å². The van der Waals surface area contributed by atoms with Gasteiger partial charge in [0.1, 0.15) is 0 Å². The maximum Gasteiger partial charge on any atom is 0.277 e. The van der Waals surface area contributed by atoms with Crippen molar-refractivity contribution in [3.63, 3.8) is 0 Å². The number of hydrogen-bond acceptors (Lipinski definition) is 3. The van der Waals surface area contributed by atoms with E-state index in [0.29, 0.717) is 5.56 Å². The highest BCUT2D eigenvalue weighted by molar-refractivity contribution is 6.46. The molecule has 100 valence electrons. The molecule has 2 aromatic carbocycles. The molecule has 0 aromatic heterocycles. The summed E-state index contributed by atoms with van der Waals surface area (Å²) in [5, 5.41) is 12.3. The van der Waals surface area contributed by atoms with Gasteiger partial charge in [0, 0.05) is 12.6 Å². The van der Waals surface area contributed by atoms with Crippen molar-refractivity contribution >= 4 is 11.6 Å². The summed E-state index contributed by atoms with van der Waals surface area (Å²) < 4.78 is 0. The van der Waals surface area contributed by atoms with Gasteiger partial charge in [-0.1, -0.05) is 59.8 Å². The van der Waals surface area contributed by atoms with E-state index in [0.717, 1.165) is 11.1 Å². The van der Waals surface area contributed by atoms with Gasteiger partial charge in [0.2, 0.25) is 0 Å². The Morgan fingerprint density at radius 1 is 1.05 bits per heavy atom. The smallest absolute Gasteiger partial charge is 0.277 e. The molecule has 4 heteroatoms. The molecule has 2 aromatic rings. The number of benzene rings is 2. The first-order chi connectivity index (χ1) is 9.74. The van der Waals surface area contributed by atoms with Gasteiger partial charge in [-0.2, -0.15) is 0 Å². The molecule has 0 saturated carbocycles. The zero-order chi connectivity index (χ0) is 14.1. The molecular formula is C16H14N2O2. The Morgan fingerprint density at radius 3 is 2.40 bits per heavy atom. The van der Waals surface area contributed by atoms with E-state index in [1.807, 2.05) is 54.6 Å². The van der Waals surface area contributed by atoms with Gasteiger partial charge in [-0.15, -0.1) is 0 Å². The average Bonchev–Trinajstić information content (AvgIpc) is 2.50. The largest absolute Gasteiger partial charge is 0.410 e. The van der Waals surface area contributed by atoms with E-state index >= 15 is 0 Å². The van der Waals surface area contributed by atoms with Gasteiger partial charge in [0.15, 0.2) is 5.71 Å². The average molecular weight is 266 g/mol. The third kappa shape index (κ3) is 1.77. The number of carbonyl (C=O) groups excluding carboxylic acids is 1. The Bertz CT molecular complexity index is 680. The van der Waals surface area contributed by atoms with E-state index < -0.39 is 0 Å². The minimum Gasteiger partial charge on any atom is -0.410 e. The molecule has 0 aliphatic carbocycles. The fourth-order valence-electron chi connectivity index (χ4n) is 2.69. The van der Waals surface area contributed by atoms with Crippen molar-refractivity contribution in [1.82, 2.24) is 4.90 Å². The van der Waals surface area contributed by atoms with Gasteiger partial charge in [-0.3, -0.25) is 4.79 Å². The molecule has 1 N–H and O–H groups in total. The van der Waals surface area contributed by atoms with Gasteiger partial charge in [0.25, 0.3) is 5.91 Å². The second-order valence-electron chi connectivity index (χ2n) is 4.77. The summed E-state index contributed by atoms with van der Waals surface area (Å²) >= 11 is 0. The lowest BCUT2D eigenvalue weighted by Gasteiger charge is -2.34. The standard InChI is InChI=1S/C16H14N2O2/c1-18-15(11-7-3-2-4-8-11)13-10-6-5-9-12(13)14(17-20)16(18)19/h2-10,15,20H,1H3. The van der Waals surface area contributed by atoms with Gasteiger partial charge in [0.05, 0.1) is 6.04 Å². The van der Waals surface area contributed by atoms with E-state index in [4.69, 9.17) is 5.21 Å². The van der Waals surface area contributed by atoms with Crippen LogP contribution in [0.1, 0.15) is 22.7 Å². The Labute approximate surface area is 117 Å². The van der Waals surface area contributed by atoms with Crippen molar-refractivity contribution in [2.45, 2.75) is 6.04 Å². The van der Waals surface area contributed by atoms with Crippen LogP contribution >= 0.6 is 0 Å². The maximum atomic E-state index is 12.3. The molecule has 0 radical (unpaired) electrons. The number of amides is 1. The number of likely N-dealkylation sites (N-methyl/N-ethyl adjacent to an activating group) is 1. The first-order valence-electron chi connectivity index (χ1n) is 6.37. The van der Waals surface area contributed by atoms with Gasteiger partial charge < -0.3 is 10.1 Å². The Morgan fingerprint density at radius 2 is 1.70 bits per heavy atom. The van der Waals surface area contributed by atoms with Crippen molar-refractivity contribution in [1.29, 1.82) is 0 Å². The number of fused-ring (bicyclic) bond motifs is 1. The predicted octanol–water partition coefficient (Wildman–Crippen LogP) is 2.43. The molecular weight excluding hydrogens is 252 g/mol. The van der Waals surface area contributed by atoms with E-state index in [1.165, 1.54) is 0 Å². The summed E-state index contributed by atoms with van der Waals surface area (Å²) in [6.07, 6.45) is 0. The summed E-state index contributed by atoms with van der Waals surface area (Å²) in [4.78, 5) is 13.9. The SMILES string of the molecule is CN1C(=O)C(=NO)c2ccccc2C1c1ccccc1. The van der Waals surface area contributed by atoms with Crippen LogP contribution in [0.4, 0.5) is 0 Å². The number of carbonyl (C=O) groups is 1. The van der Waals surface area contributed by atoms with Crippen LogP contribution in [0.15, 0.2) is 59.8 Å². The normalized spacial score (nSPS) is 20.1. The van der Waals surface area contributed by atoms with E-state index in [2.05, 4.69) is 5.16 Å². The fourth-order valence-corrected chi connectivity index (χ4v) is 2.69. The third-order valence-electron chi connectivity index (χ3n) is 3.64. The Balaban J connectivity index is 2.23. The summed E-state index contributed by atoms with van der Waals surface area (Å²) in [6.45, 7) is 0. The summed E-state index contributed by atoms with van der Waals surface area (Å²) in [7, 11) is 1.72. The van der Waals surface area contributed by atoms with E-state index in [1.54, 1.807) is 11.9 Å².